The van der Waals surface area contributed by atoms with Gasteiger partial charge in [0.15, 0.2) is 0 Å². The van der Waals surface area contributed by atoms with Gasteiger partial charge in [-0.2, -0.15) is 0 Å². The number of amides is 4. The average Bonchev–Trinajstić information content (AvgIpc) is 3.34. The van der Waals surface area contributed by atoms with Gasteiger partial charge in [-0.25, -0.2) is 14.4 Å². The van der Waals surface area contributed by atoms with E-state index in [-0.39, 0.29) is 69.0 Å². The van der Waals surface area contributed by atoms with Gasteiger partial charge in [0.25, 0.3) is 0 Å². The zero-order valence-corrected chi connectivity index (χ0v) is 43.0. The summed E-state index contributed by atoms with van der Waals surface area (Å²) in [6.07, 6.45) is 3.02. The first-order valence-corrected chi connectivity index (χ1v) is 23.7. The first-order valence-electron chi connectivity index (χ1n) is 22.8. The minimum Gasteiger partial charge on any atom is -0.480 e. The Hall–Kier alpha value is -7.36. The summed E-state index contributed by atoms with van der Waals surface area (Å²) in [4.78, 5) is 113. The van der Waals surface area contributed by atoms with E-state index in [1.54, 1.807) is 19.2 Å². The summed E-state index contributed by atoms with van der Waals surface area (Å²) in [7, 11) is 1.58. The van der Waals surface area contributed by atoms with E-state index in [4.69, 9.17) is 20.4 Å². The molecule has 0 saturated carbocycles. The van der Waals surface area contributed by atoms with Crippen LogP contribution in [0.1, 0.15) is 61.9 Å². The molecule has 27 nitrogen and oxygen atoms in total. The molecular weight excluding hydrogens is 1060 g/mol. The third-order valence-corrected chi connectivity index (χ3v) is 9.69. The number of nitrogens with zero attached hydrogens (tertiary/aromatic N) is 2. The van der Waals surface area contributed by atoms with Crippen molar-refractivity contribution in [1.29, 1.82) is 0 Å². The van der Waals surface area contributed by atoms with Crippen LogP contribution in [0.3, 0.4) is 0 Å². The van der Waals surface area contributed by atoms with Crippen LogP contribution in [0, 0.1) is 5.92 Å². The van der Waals surface area contributed by atoms with Crippen LogP contribution in [-0.4, -0.2) is 173 Å². The Balaban J connectivity index is 0.00000116. The van der Waals surface area contributed by atoms with Gasteiger partial charge in [-0.05, 0) is 55.4 Å². The van der Waals surface area contributed by atoms with Crippen LogP contribution in [0.25, 0.3) is 10.8 Å². The van der Waals surface area contributed by atoms with Crippen molar-refractivity contribution in [1.82, 2.24) is 47.5 Å². The molecule has 1 heterocycles. The van der Waals surface area contributed by atoms with Crippen molar-refractivity contribution in [2.75, 3.05) is 71.4 Å². The molecule has 3 unspecified atom stereocenters. The van der Waals surface area contributed by atoms with Crippen LogP contribution in [0.15, 0.2) is 64.5 Å². The van der Waals surface area contributed by atoms with Gasteiger partial charge in [-0.3, -0.25) is 24.0 Å². The van der Waals surface area contributed by atoms with Crippen molar-refractivity contribution in [3.8, 4) is 0 Å². The molecule has 0 spiro atoms. The maximum absolute atomic E-state index is 12.5. The zero-order chi connectivity index (χ0) is 55.8. The quantitative estimate of drug-likeness (QED) is 0.0290. The van der Waals surface area contributed by atoms with Gasteiger partial charge < -0.3 is 72.7 Å². The van der Waals surface area contributed by atoms with Gasteiger partial charge in [0.05, 0.1) is 26.2 Å². The van der Waals surface area contributed by atoms with Crippen LogP contribution in [-0.2, 0) is 63.5 Å². The van der Waals surface area contributed by atoms with Crippen molar-refractivity contribution in [2.24, 2.45) is 9.64 Å². The maximum atomic E-state index is 12.5. The van der Waals surface area contributed by atoms with E-state index in [1.165, 1.54) is 13.1 Å². The molecule has 0 fully saturated rings. The molecule has 0 aliphatic heterocycles. The summed E-state index contributed by atoms with van der Waals surface area (Å²) >= 11 is 1.81. The summed E-state index contributed by atoms with van der Waals surface area (Å²) in [5.74, 6) is -6.33. The molecule has 3 aromatic rings. The number of rotatable bonds is 32. The number of benzene rings is 2. The number of carbonyl (C=O) groups excluding carboxylic acids is 4. The Bertz CT molecular complexity index is 2200. The first-order chi connectivity index (χ1) is 35.1. The number of unbranched alkanes of at least 4 members (excludes halogenated alkanes) is 1. The Morgan fingerprint density at radius 3 is 1.57 bits per heavy atom. The van der Waals surface area contributed by atoms with Crippen LogP contribution < -0.4 is 48.0 Å². The number of nitrogens with one attached hydrogen (secondary N) is 9. The molecule has 3 rings (SSSR count). The maximum Gasteiger partial charge on any atom is 0.317 e. The SMILES string of the molecule is CC(=O)CCC(NC(=O)NC(CCCCNC(=O)C(C)Cc1ccc2ccccc2c1)C(=O)O)C(=O)O.CNC(=O)c1ccc(N[N]=[Tc+4])nc1.O=C(O)CNCCNCC(=O)O.O=C(O)CNCCNCC(=O)O. The molecule has 0 bridgehead atoms. The topological polar surface area (TPSA) is 426 Å². The Morgan fingerprint density at radius 1 is 0.635 bits per heavy atom. The molecule has 405 valence electrons. The summed E-state index contributed by atoms with van der Waals surface area (Å²) in [5.41, 5.74) is 4.26. The molecule has 0 aliphatic rings. The third kappa shape index (κ3) is 34.9. The second-order valence-corrected chi connectivity index (χ2v) is 16.1. The van der Waals surface area contributed by atoms with Gasteiger partial charge in [0.2, 0.25) is 5.91 Å². The molecule has 15 N–H and O–H groups in total. The largest absolute Gasteiger partial charge is 0.480 e. The minimum absolute atomic E-state index is 0.0216. The number of pyridine rings is 1. The Morgan fingerprint density at radius 2 is 1.14 bits per heavy atom. The Labute approximate surface area is 436 Å². The summed E-state index contributed by atoms with van der Waals surface area (Å²) in [6, 6.07) is 14.1. The number of carboxylic acid groups (broad SMARTS) is 6. The number of fused-ring (bicyclic) bond motifs is 1. The molecule has 1 aromatic heterocycles. The normalized spacial score (nSPS) is 11.4. The molecule has 3 atom stereocenters. The number of anilines is 1. The molecule has 0 saturated heterocycles. The third-order valence-electron chi connectivity index (χ3n) is 9.49. The number of Topliss-reactive ketones (excluding diaryl/α,β-unsaturated/α-hetero) is 1. The smallest absolute Gasteiger partial charge is 0.317 e. The van der Waals surface area contributed by atoms with Crippen LogP contribution >= 0.6 is 0 Å². The van der Waals surface area contributed by atoms with Crippen molar-refractivity contribution < 1.29 is 97.3 Å². The number of carboxylic acids is 6. The number of aromatic nitrogens is 1. The van der Waals surface area contributed by atoms with Gasteiger partial charge in [-0.1, -0.05) is 49.4 Å². The molecule has 0 aliphatic carbocycles. The number of carbonyl (C=O) groups is 10. The number of aliphatic carboxylic acids is 6. The molecular formula is C46H67N11O16Tc+4. The van der Waals surface area contributed by atoms with Crippen molar-refractivity contribution >= 4 is 76.0 Å². The van der Waals surface area contributed by atoms with E-state index < -0.39 is 53.9 Å². The fourth-order valence-corrected chi connectivity index (χ4v) is 6.02. The molecule has 2 aromatic carbocycles. The van der Waals surface area contributed by atoms with Gasteiger partial charge in [0.1, 0.15) is 17.9 Å². The van der Waals surface area contributed by atoms with Gasteiger partial charge in [0, 0.05) is 45.1 Å². The molecule has 28 heteroatoms. The van der Waals surface area contributed by atoms with E-state index in [9.17, 15) is 58.2 Å². The number of hydrogen-bond donors (Lipinski definition) is 15. The number of hydrogen-bond acceptors (Lipinski definition) is 17. The van der Waals surface area contributed by atoms with Gasteiger partial charge in [-0.15, -0.1) is 0 Å². The summed E-state index contributed by atoms with van der Waals surface area (Å²) in [5, 5.41) is 73.8. The molecule has 4 amide bonds. The van der Waals surface area contributed by atoms with E-state index in [2.05, 4.69) is 62.7 Å². The van der Waals surface area contributed by atoms with Crippen molar-refractivity contribution in [3.05, 3.63) is 71.9 Å². The standard InChI is InChI=1S/C27H35N3O7.C7H8N4O.2C6H12N2O4.Tc/c1-17(15-19-11-12-20-7-3-4-8-21(20)16-19)24(32)28-14-6-5-9-22(25(33)34)29-27(37)30-23(26(35)36)13-10-18(2)31;1-9-7(12)5-2-3-6(11-8)10-4-5;2*9-5(10)3-7-1-2-8-4-6(11)12;/h3-4,7-8,11-12,16-17,22-23H,5-6,9-10,13-15H2,1-2H3,(H,28,32)(H,33,34)(H,35,36)(H2,29,30,37);2-4H,1H3,(H,9,12)(H,10,11);2*7-8H,1-4H2,(H,9,10)(H,11,12);/q;;;;+4. The predicted molar refractivity (Wildman–Crippen MR) is 264 cm³/mol. The van der Waals surface area contributed by atoms with Crippen molar-refractivity contribution in [3.63, 3.8) is 0 Å². The van der Waals surface area contributed by atoms with E-state index >= 15 is 0 Å². The van der Waals surface area contributed by atoms with Crippen LogP contribution in [0.5, 0.6) is 0 Å². The summed E-state index contributed by atoms with van der Waals surface area (Å²) < 4.78 is 3.66. The van der Waals surface area contributed by atoms with Gasteiger partial charge >= 0.3 is 127 Å². The molecule has 74 heavy (non-hydrogen) atoms. The molecule has 0 radical (unpaired) electrons. The second kappa shape index (κ2) is 40.2. The average molecular weight is 1130 g/mol. The number of urea groups is 1. The number of ketones is 1. The predicted octanol–water partition coefficient (Wildman–Crippen LogP) is 0.0478. The van der Waals surface area contributed by atoms with E-state index in [0.29, 0.717) is 63.4 Å². The first kappa shape index (κ1) is 66.6. The monoisotopic (exact) mass is 1130 g/mol. The fourth-order valence-electron chi connectivity index (χ4n) is 5.81. The zero-order valence-electron chi connectivity index (χ0n) is 41.2. The fraction of sp³-hybridized carbons (Fsp3) is 0.457. The minimum atomic E-state index is -1.31. The van der Waals surface area contributed by atoms with Crippen molar-refractivity contribution in [2.45, 2.75) is 64.5 Å². The van der Waals surface area contributed by atoms with Crippen LogP contribution in [0.4, 0.5) is 10.6 Å². The summed E-state index contributed by atoms with van der Waals surface area (Å²) in [6.45, 7) is 4.90. The van der Waals surface area contributed by atoms with E-state index in [0.717, 1.165) is 16.3 Å². The second-order valence-electron chi connectivity index (χ2n) is 15.7. The van der Waals surface area contributed by atoms with Crippen LogP contribution in [0.2, 0.25) is 0 Å². The van der Waals surface area contributed by atoms with E-state index in [1.807, 2.05) is 62.0 Å². The Kier molecular flexibility index (Phi) is 36.2.